The Morgan fingerprint density at radius 3 is 2.55 bits per heavy atom. The standard InChI is InChI=1S/C25H32FN3O3S/c1-16-6-5-7-19(12-16)24(30)28-22(10-11-33-4)25(31)27-20-8-9-23(21(26)13-20)29-14-17(2)32-18(3)15-29/h5-9,12-13,17-18,22H,10-11,14-15H2,1-4H3,(H,27,31)(H,28,30). The maximum Gasteiger partial charge on any atom is 0.251 e. The minimum Gasteiger partial charge on any atom is -0.372 e. The van der Waals surface area contributed by atoms with Crippen molar-refractivity contribution in [3.63, 3.8) is 0 Å². The van der Waals surface area contributed by atoms with Crippen LogP contribution in [0.5, 0.6) is 0 Å². The molecule has 1 heterocycles. The fourth-order valence-electron chi connectivity index (χ4n) is 3.98. The van der Waals surface area contributed by atoms with Crippen molar-refractivity contribution in [3.8, 4) is 0 Å². The molecule has 0 radical (unpaired) electrons. The molecule has 2 N–H and O–H groups in total. The van der Waals surface area contributed by atoms with E-state index in [1.165, 1.54) is 6.07 Å². The first-order chi connectivity index (χ1) is 15.8. The van der Waals surface area contributed by atoms with Crippen molar-refractivity contribution in [1.29, 1.82) is 0 Å². The second kappa shape index (κ2) is 11.5. The summed E-state index contributed by atoms with van der Waals surface area (Å²) in [6.07, 6.45) is 2.44. The smallest absolute Gasteiger partial charge is 0.251 e. The highest BCUT2D eigenvalue weighted by Gasteiger charge is 2.25. The molecule has 1 fully saturated rings. The number of anilines is 2. The van der Waals surface area contributed by atoms with Crippen LogP contribution in [0.1, 0.15) is 36.2 Å². The molecule has 0 spiro atoms. The number of hydrogen-bond donors (Lipinski definition) is 2. The highest BCUT2D eigenvalue weighted by molar-refractivity contribution is 7.98. The minimum absolute atomic E-state index is 0.0155. The van der Waals surface area contributed by atoms with E-state index in [1.54, 1.807) is 36.0 Å². The maximum atomic E-state index is 14.9. The third-order valence-electron chi connectivity index (χ3n) is 5.49. The molecule has 0 aromatic heterocycles. The quantitative estimate of drug-likeness (QED) is 0.600. The molecule has 178 valence electrons. The number of nitrogens with one attached hydrogen (secondary N) is 2. The van der Waals surface area contributed by atoms with E-state index in [-0.39, 0.29) is 24.0 Å². The van der Waals surface area contributed by atoms with Crippen LogP contribution in [-0.4, -0.2) is 55.2 Å². The van der Waals surface area contributed by atoms with E-state index in [4.69, 9.17) is 4.74 Å². The van der Waals surface area contributed by atoms with Gasteiger partial charge in [0.1, 0.15) is 11.9 Å². The highest BCUT2D eigenvalue weighted by atomic mass is 32.2. The molecule has 6 nitrogen and oxygen atoms in total. The van der Waals surface area contributed by atoms with E-state index >= 15 is 0 Å². The van der Waals surface area contributed by atoms with Crippen molar-refractivity contribution >= 4 is 35.0 Å². The molecular weight excluding hydrogens is 441 g/mol. The summed E-state index contributed by atoms with van der Waals surface area (Å²) in [5.74, 6) is -0.381. The van der Waals surface area contributed by atoms with E-state index in [1.807, 2.05) is 44.1 Å². The molecule has 3 rings (SSSR count). The van der Waals surface area contributed by atoms with Crippen molar-refractivity contribution in [3.05, 3.63) is 59.4 Å². The second-order valence-corrected chi connectivity index (χ2v) is 9.48. The summed E-state index contributed by atoms with van der Waals surface area (Å²) in [5, 5.41) is 5.58. The SMILES string of the molecule is CSCCC(NC(=O)c1cccc(C)c1)C(=O)Nc1ccc(N2CC(C)OC(C)C2)c(F)c1. The Labute approximate surface area is 199 Å². The zero-order chi connectivity index (χ0) is 24.0. The number of carbonyl (C=O) groups excluding carboxylic acids is 2. The molecular formula is C25H32FN3O3S. The zero-order valence-electron chi connectivity index (χ0n) is 19.6. The summed E-state index contributed by atoms with van der Waals surface area (Å²) in [4.78, 5) is 27.6. The third kappa shape index (κ3) is 6.95. The van der Waals surface area contributed by atoms with Gasteiger partial charge in [-0.15, -0.1) is 0 Å². The number of benzene rings is 2. The molecule has 1 aliphatic rings. The van der Waals surface area contributed by atoms with Gasteiger partial charge in [0.15, 0.2) is 0 Å². The number of halogens is 1. The second-order valence-electron chi connectivity index (χ2n) is 8.49. The summed E-state index contributed by atoms with van der Waals surface area (Å²) in [7, 11) is 0. The maximum absolute atomic E-state index is 14.9. The van der Waals surface area contributed by atoms with Crippen molar-refractivity contribution in [2.45, 2.75) is 45.4 Å². The van der Waals surface area contributed by atoms with Crippen LogP contribution < -0.4 is 15.5 Å². The largest absolute Gasteiger partial charge is 0.372 e. The average Bonchev–Trinajstić information content (AvgIpc) is 2.75. The zero-order valence-corrected chi connectivity index (χ0v) is 20.4. The Balaban J connectivity index is 1.69. The van der Waals surface area contributed by atoms with E-state index < -0.39 is 11.9 Å². The van der Waals surface area contributed by atoms with Gasteiger partial charge in [-0.05, 0) is 69.5 Å². The number of carbonyl (C=O) groups is 2. The molecule has 8 heteroatoms. The van der Waals surface area contributed by atoms with Gasteiger partial charge < -0.3 is 20.3 Å². The number of thioether (sulfide) groups is 1. The lowest BCUT2D eigenvalue weighted by molar-refractivity contribution is -0.118. The fraction of sp³-hybridized carbons (Fsp3) is 0.440. The van der Waals surface area contributed by atoms with Gasteiger partial charge in [-0.2, -0.15) is 11.8 Å². The molecule has 1 aliphatic heterocycles. The third-order valence-corrected chi connectivity index (χ3v) is 6.13. The first-order valence-corrected chi connectivity index (χ1v) is 12.5. The first kappa shape index (κ1) is 25.1. The van der Waals surface area contributed by atoms with Gasteiger partial charge in [-0.1, -0.05) is 17.7 Å². The lowest BCUT2D eigenvalue weighted by Crippen LogP contribution is -2.46. The number of nitrogens with zero attached hydrogens (tertiary/aromatic N) is 1. The van der Waals surface area contributed by atoms with E-state index in [2.05, 4.69) is 10.6 Å². The molecule has 1 saturated heterocycles. The number of rotatable bonds is 8. The number of aryl methyl sites for hydroxylation is 1. The lowest BCUT2D eigenvalue weighted by Gasteiger charge is -2.37. The van der Waals surface area contributed by atoms with Crippen LogP contribution in [0, 0.1) is 12.7 Å². The van der Waals surface area contributed by atoms with E-state index in [9.17, 15) is 14.0 Å². The number of amides is 2. The molecule has 33 heavy (non-hydrogen) atoms. The normalized spacial score (nSPS) is 19.1. The van der Waals surface area contributed by atoms with Crippen molar-refractivity contribution < 1.29 is 18.7 Å². The van der Waals surface area contributed by atoms with Crippen LogP contribution in [0.2, 0.25) is 0 Å². The molecule has 2 aromatic rings. The van der Waals surface area contributed by atoms with Crippen LogP contribution in [0.4, 0.5) is 15.8 Å². The van der Waals surface area contributed by atoms with Gasteiger partial charge in [0.25, 0.3) is 5.91 Å². The monoisotopic (exact) mass is 473 g/mol. The molecule has 0 saturated carbocycles. The van der Waals surface area contributed by atoms with Gasteiger partial charge in [0.05, 0.1) is 17.9 Å². The lowest BCUT2D eigenvalue weighted by atomic mass is 10.1. The number of hydrogen-bond acceptors (Lipinski definition) is 5. The van der Waals surface area contributed by atoms with Gasteiger partial charge in [-0.3, -0.25) is 9.59 Å². The average molecular weight is 474 g/mol. The minimum atomic E-state index is -0.728. The topological polar surface area (TPSA) is 70.7 Å². The molecule has 2 amide bonds. The molecule has 0 aliphatic carbocycles. The van der Waals surface area contributed by atoms with Crippen LogP contribution in [0.3, 0.4) is 0 Å². The molecule has 2 aromatic carbocycles. The van der Waals surface area contributed by atoms with Crippen LogP contribution in [0.25, 0.3) is 0 Å². The van der Waals surface area contributed by atoms with Crippen molar-refractivity contribution in [2.24, 2.45) is 0 Å². The Morgan fingerprint density at radius 2 is 1.91 bits per heavy atom. The van der Waals surface area contributed by atoms with Crippen molar-refractivity contribution in [2.75, 3.05) is 35.3 Å². The van der Waals surface area contributed by atoms with Crippen LogP contribution in [0.15, 0.2) is 42.5 Å². The predicted octanol–water partition coefficient (Wildman–Crippen LogP) is 4.24. The van der Waals surface area contributed by atoms with Gasteiger partial charge >= 0.3 is 0 Å². The first-order valence-electron chi connectivity index (χ1n) is 11.1. The molecule has 3 unspecified atom stereocenters. The fourth-order valence-corrected chi connectivity index (χ4v) is 4.45. The summed E-state index contributed by atoms with van der Waals surface area (Å²) in [6.45, 7) is 7.05. The summed E-state index contributed by atoms with van der Waals surface area (Å²) in [6, 6.07) is 11.2. The van der Waals surface area contributed by atoms with Crippen molar-refractivity contribution in [1.82, 2.24) is 5.32 Å². The van der Waals surface area contributed by atoms with Gasteiger partial charge in [-0.25, -0.2) is 4.39 Å². The predicted molar refractivity (Wildman–Crippen MR) is 133 cm³/mol. The number of morpholine rings is 1. The Morgan fingerprint density at radius 1 is 1.18 bits per heavy atom. The molecule has 3 atom stereocenters. The number of ether oxygens (including phenoxy) is 1. The van der Waals surface area contributed by atoms with E-state index in [0.717, 1.165) is 5.56 Å². The van der Waals surface area contributed by atoms with Crippen LogP contribution >= 0.6 is 11.8 Å². The highest BCUT2D eigenvalue weighted by Crippen LogP contribution is 2.26. The Hall–Kier alpha value is -2.58. The van der Waals surface area contributed by atoms with E-state index in [0.29, 0.717) is 42.2 Å². The summed E-state index contributed by atoms with van der Waals surface area (Å²) >= 11 is 1.59. The Kier molecular flexibility index (Phi) is 8.74. The molecule has 0 bridgehead atoms. The summed E-state index contributed by atoms with van der Waals surface area (Å²) in [5.41, 5.74) is 2.31. The summed E-state index contributed by atoms with van der Waals surface area (Å²) < 4.78 is 20.6. The Bertz CT molecular complexity index is 977. The van der Waals surface area contributed by atoms with Gasteiger partial charge in [0, 0.05) is 24.3 Å². The van der Waals surface area contributed by atoms with Gasteiger partial charge in [0.2, 0.25) is 5.91 Å². The van der Waals surface area contributed by atoms with Crippen LogP contribution in [-0.2, 0) is 9.53 Å².